The van der Waals surface area contributed by atoms with Crippen molar-refractivity contribution in [2.45, 2.75) is 76.9 Å². The molecule has 24 heavy (non-hydrogen) atoms. The molecule has 1 N–H and O–H groups in total. The Hall–Kier alpha value is -0.990. The van der Waals surface area contributed by atoms with Gasteiger partial charge in [0.05, 0.1) is 5.41 Å². The topological polar surface area (TPSA) is 46.5 Å². The van der Waals surface area contributed by atoms with E-state index in [0.29, 0.717) is 6.42 Å². The molecule has 3 nitrogen and oxygen atoms in total. The number of ether oxygens (including phenoxy) is 1. The summed E-state index contributed by atoms with van der Waals surface area (Å²) < 4.78 is 81.4. The van der Waals surface area contributed by atoms with Crippen LogP contribution in [-0.4, -0.2) is 35.1 Å². The smallest absolute Gasteiger partial charge is 0.426 e. The van der Waals surface area contributed by atoms with Crippen molar-refractivity contribution in [3.8, 4) is 0 Å². The Kier molecular flexibility index (Phi) is 5.90. The van der Waals surface area contributed by atoms with Gasteiger partial charge in [-0.3, -0.25) is 4.79 Å². The van der Waals surface area contributed by atoms with Crippen LogP contribution in [0, 0.1) is 11.3 Å². The Balaban J connectivity index is 2.74. The van der Waals surface area contributed by atoms with Crippen LogP contribution in [0.25, 0.3) is 0 Å². The molecule has 0 aromatic rings. The van der Waals surface area contributed by atoms with Crippen molar-refractivity contribution >= 4 is 5.97 Å². The standard InChI is InChI=1S/C15H22F6O3/c1-4-12(2,3)11(22)24-10-6-5-9(7-10)8-13(23,14(16,17)18)15(19,20)21/h9-10,23H,4-8H2,1-3H3. The fourth-order valence-electron chi connectivity index (χ4n) is 2.59. The lowest BCUT2D eigenvalue weighted by atomic mass is 9.88. The van der Waals surface area contributed by atoms with E-state index in [9.17, 15) is 36.2 Å². The van der Waals surface area contributed by atoms with E-state index in [2.05, 4.69) is 0 Å². The zero-order valence-electron chi connectivity index (χ0n) is 13.7. The third kappa shape index (κ3) is 4.34. The second-order valence-electron chi connectivity index (χ2n) is 7.00. The molecule has 2 atom stereocenters. The number of aliphatic hydroxyl groups is 1. The van der Waals surface area contributed by atoms with Crippen molar-refractivity contribution in [1.82, 2.24) is 0 Å². The maximum absolute atomic E-state index is 12.7. The first-order chi connectivity index (χ1) is 10.6. The van der Waals surface area contributed by atoms with Crippen LogP contribution in [0.3, 0.4) is 0 Å². The zero-order chi connectivity index (χ0) is 19.0. The predicted octanol–water partition coefficient (Wildman–Crippen LogP) is 4.38. The minimum atomic E-state index is -5.82. The molecule has 1 saturated carbocycles. The second kappa shape index (κ2) is 6.72. The lowest BCUT2D eigenvalue weighted by Gasteiger charge is -2.34. The van der Waals surface area contributed by atoms with Crippen LogP contribution in [0.15, 0.2) is 0 Å². The number of hydrogen-bond donors (Lipinski definition) is 1. The van der Waals surface area contributed by atoms with Gasteiger partial charge in [0.2, 0.25) is 0 Å². The highest BCUT2D eigenvalue weighted by molar-refractivity contribution is 5.76. The van der Waals surface area contributed by atoms with Crippen molar-refractivity contribution in [2.75, 3.05) is 0 Å². The molecule has 1 fully saturated rings. The highest BCUT2D eigenvalue weighted by atomic mass is 19.4. The fraction of sp³-hybridized carbons (Fsp3) is 0.933. The molecule has 9 heteroatoms. The first kappa shape index (κ1) is 21.1. The summed E-state index contributed by atoms with van der Waals surface area (Å²) in [5, 5.41) is 9.22. The third-order valence-electron chi connectivity index (χ3n) is 4.73. The first-order valence-electron chi connectivity index (χ1n) is 7.71. The van der Waals surface area contributed by atoms with Gasteiger partial charge >= 0.3 is 18.3 Å². The zero-order valence-corrected chi connectivity index (χ0v) is 13.7. The number of halogens is 6. The normalized spacial score (nSPS) is 23.4. The van der Waals surface area contributed by atoms with E-state index < -0.39 is 47.8 Å². The van der Waals surface area contributed by atoms with E-state index in [-0.39, 0.29) is 19.3 Å². The van der Waals surface area contributed by atoms with E-state index in [4.69, 9.17) is 4.74 Å². The van der Waals surface area contributed by atoms with Crippen LogP contribution in [0.1, 0.15) is 52.9 Å². The van der Waals surface area contributed by atoms with Gasteiger partial charge < -0.3 is 9.84 Å². The first-order valence-corrected chi connectivity index (χ1v) is 7.71. The number of carbonyl (C=O) groups excluding carboxylic acids is 1. The molecular weight excluding hydrogens is 342 g/mol. The van der Waals surface area contributed by atoms with Crippen molar-refractivity contribution in [1.29, 1.82) is 0 Å². The molecule has 0 bridgehead atoms. The summed E-state index contributed by atoms with van der Waals surface area (Å²) in [7, 11) is 0. The van der Waals surface area contributed by atoms with E-state index in [0.717, 1.165) is 0 Å². The summed E-state index contributed by atoms with van der Waals surface area (Å²) in [6, 6.07) is 0. The lowest BCUT2D eigenvalue weighted by Crippen LogP contribution is -2.57. The number of esters is 1. The van der Waals surface area contributed by atoms with E-state index in [1.165, 1.54) is 0 Å². The quantitative estimate of drug-likeness (QED) is 0.582. The van der Waals surface area contributed by atoms with Gasteiger partial charge in [0.1, 0.15) is 6.10 Å². The predicted molar refractivity (Wildman–Crippen MR) is 73.0 cm³/mol. The molecule has 0 amide bonds. The van der Waals surface area contributed by atoms with E-state index in [1.54, 1.807) is 20.8 Å². The summed E-state index contributed by atoms with van der Waals surface area (Å²) in [5.41, 5.74) is -5.51. The Morgan fingerprint density at radius 2 is 1.58 bits per heavy atom. The molecule has 1 aliphatic carbocycles. The molecule has 0 radical (unpaired) electrons. The van der Waals surface area contributed by atoms with E-state index >= 15 is 0 Å². The van der Waals surface area contributed by atoms with E-state index in [1.807, 2.05) is 0 Å². The van der Waals surface area contributed by atoms with Gasteiger partial charge in [0.25, 0.3) is 5.60 Å². The summed E-state index contributed by atoms with van der Waals surface area (Å²) in [6.07, 6.45) is -13.3. The van der Waals surface area contributed by atoms with Gasteiger partial charge in [-0.2, -0.15) is 26.3 Å². The van der Waals surface area contributed by atoms with Gasteiger partial charge in [-0.25, -0.2) is 0 Å². The number of hydrogen-bond acceptors (Lipinski definition) is 3. The summed E-state index contributed by atoms with van der Waals surface area (Å²) in [4.78, 5) is 11.9. The van der Waals surface area contributed by atoms with Gasteiger partial charge in [-0.1, -0.05) is 6.92 Å². The Morgan fingerprint density at radius 1 is 1.08 bits per heavy atom. The average Bonchev–Trinajstić information content (AvgIpc) is 2.83. The number of carbonyl (C=O) groups is 1. The molecule has 142 valence electrons. The van der Waals surface area contributed by atoms with Crippen LogP contribution in [0.4, 0.5) is 26.3 Å². The van der Waals surface area contributed by atoms with Crippen LogP contribution in [0.5, 0.6) is 0 Å². The lowest BCUT2D eigenvalue weighted by molar-refractivity contribution is -0.372. The molecule has 0 aromatic heterocycles. The van der Waals surface area contributed by atoms with Crippen molar-refractivity contribution in [3.05, 3.63) is 0 Å². The summed E-state index contributed by atoms with van der Waals surface area (Å²) in [6.45, 7) is 5.06. The van der Waals surface area contributed by atoms with Crippen LogP contribution in [0.2, 0.25) is 0 Å². The Labute approximate surface area is 136 Å². The molecule has 2 unspecified atom stereocenters. The molecular formula is C15H22F6O3. The van der Waals surface area contributed by atoms with Crippen molar-refractivity contribution in [3.63, 3.8) is 0 Å². The van der Waals surface area contributed by atoms with Crippen LogP contribution >= 0.6 is 0 Å². The average molecular weight is 364 g/mol. The van der Waals surface area contributed by atoms with Crippen molar-refractivity contribution in [2.24, 2.45) is 11.3 Å². The molecule has 1 aliphatic rings. The summed E-state index contributed by atoms with van der Waals surface area (Å²) >= 11 is 0. The monoisotopic (exact) mass is 364 g/mol. The van der Waals surface area contributed by atoms with Gasteiger partial charge in [-0.15, -0.1) is 0 Å². The Morgan fingerprint density at radius 3 is 2.00 bits per heavy atom. The molecule has 0 spiro atoms. The largest absolute Gasteiger partial charge is 0.462 e. The third-order valence-corrected chi connectivity index (χ3v) is 4.73. The minimum Gasteiger partial charge on any atom is -0.462 e. The molecule has 0 heterocycles. The molecule has 0 aromatic carbocycles. The Bertz CT molecular complexity index is 441. The van der Waals surface area contributed by atoms with Gasteiger partial charge in [0.15, 0.2) is 0 Å². The highest BCUT2D eigenvalue weighted by Crippen LogP contribution is 2.49. The summed E-state index contributed by atoms with van der Waals surface area (Å²) in [5.74, 6) is -1.56. The maximum Gasteiger partial charge on any atom is 0.426 e. The van der Waals surface area contributed by atoms with Crippen molar-refractivity contribution < 1.29 is 41.0 Å². The second-order valence-corrected chi connectivity index (χ2v) is 7.00. The van der Waals surface area contributed by atoms with Crippen LogP contribution in [-0.2, 0) is 9.53 Å². The van der Waals surface area contributed by atoms with Crippen LogP contribution < -0.4 is 0 Å². The highest BCUT2D eigenvalue weighted by Gasteiger charge is 2.70. The SMILES string of the molecule is CCC(C)(C)C(=O)OC1CCC(CC(O)(C(F)(F)F)C(F)(F)F)C1. The molecule has 0 aliphatic heterocycles. The number of rotatable bonds is 5. The molecule has 0 saturated heterocycles. The number of alkyl halides is 6. The minimum absolute atomic E-state index is 0.0268. The van der Waals surface area contributed by atoms with Gasteiger partial charge in [0, 0.05) is 0 Å². The molecule has 1 rings (SSSR count). The fourth-order valence-corrected chi connectivity index (χ4v) is 2.59. The van der Waals surface area contributed by atoms with Gasteiger partial charge in [-0.05, 0) is 51.9 Å². The maximum atomic E-state index is 12.7.